The highest BCUT2D eigenvalue weighted by Crippen LogP contribution is 2.39. The molecule has 0 saturated heterocycles. The molecule has 1 heterocycles. The second-order valence-electron chi connectivity index (χ2n) is 9.96. The lowest BCUT2D eigenvalue weighted by Crippen LogP contribution is -2.38. The van der Waals surface area contributed by atoms with Crippen LogP contribution in [0.3, 0.4) is 0 Å². The van der Waals surface area contributed by atoms with E-state index in [-0.39, 0.29) is 17.9 Å². The number of benzene rings is 1. The standard InChI is InChI=1S/C26H38N4O2/c1-17(2)25-28-16-22(30-25)23-21(27-14-18-9-5-3-6-10-18)13-20(24(23)31)26(32)29-15-19-11-7-4-8-12-19/h4,7-8,11-12,16-18,20-21,23-24,27,31H,3,5-6,9-10,13-15H2,1-2H3,(H,28,30)(H,29,32)/t20-,21+,23+,24+/m0/s1. The van der Waals surface area contributed by atoms with Crippen molar-refractivity contribution in [2.45, 2.75) is 82.9 Å². The van der Waals surface area contributed by atoms with Gasteiger partial charge in [-0.15, -0.1) is 0 Å². The Hall–Kier alpha value is -2.18. The largest absolute Gasteiger partial charge is 0.392 e. The van der Waals surface area contributed by atoms with Crippen molar-refractivity contribution in [3.63, 3.8) is 0 Å². The van der Waals surface area contributed by atoms with Crippen molar-refractivity contribution in [3.05, 3.63) is 53.6 Å². The number of imidazole rings is 1. The van der Waals surface area contributed by atoms with Crippen molar-refractivity contribution in [2.24, 2.45) is 11.8 Å². The number of aromatic nitrogens is 2. The number of nitrogens with zero attached hydrogens (tertiary/aromatic N) is 1. The number of aliphatic hydroxyl groups excluding tert-OH is 1. The lowest BCUT2D eigenvalue weighted by Gasteiger charge is -2.27. The SMILES string of the molecule is CC(C)c1ncc([C@@H]2[C@H](O)[C@@H](C(=O)NCc3ccccc3)C[C@H]2NCC2CCCCC2)[nH]1. The number of hydrogen-bond acceptors (Lipinski definition) is 4. The molecule has 2 aliphatic rings. The van der Waals surface area contributed by atoms with Gasteiger partial charge in [0.2, 0.25) is 5.91 Å². The summed E-state index contributed by atoms with van der Waals surface area (Å²) in [6, 6.07) is 9.96. The fraction of sp³-hybridized carbons (Fsp3) is 0.615. The molecule has 4 atom stereocenters. The van der Waals surface area contributed by atoms with Crippen molar-refractivity contribution in [1.29, 1.82) is 0 Å². The van der Waals surface area contributed by atoms with Gasteiger partial charge >= 0.3 is 0 Å². The van der Waals surface area contributed by atoms with E-state index in [1.54, 1.807) is 0 Å². The summed E-state index contributed by atoms with van der Waals surface area (Å²) in [6.45, 7) is 5.64. The lowest BCUT2D eigenvalue weighted by molar-refractivity contribution is -0.127. The first-order valence-electron chi connectivity index (χ1n) is 12.3. The average Bonchev–Trinajstić information content (AvgIpc) is 3.42. The zero-order valence-corrected chi connectivity index (χ0v) is 19.4. The van der Waals surface area contributed by atoms with Crippen LogP contribution in [0.15, 0.2) is 36.5 Å². The Morgan fingerprint density at radius 3 is 2.62 bits per heavy atom. The summed E-state index contributed by atoms with van der Waals surface area (Å²) in [5, 5.41) is 18.1. The number of carbonyl (C=O) groups excluding carboxylic acids is 1. The maximum atomic E-state index is 13.0. The van der Waals surface area contributed by atoms with Gasteiger partial charge in [-0.25, -0.2) is 4.98 Å². The second-order valence-corrected chi connectivity index (χ2v) is 9.96. The van der Waals surface area contributed by atoms with Gasteiger partial charge in [-0.3, -0.25) is 4.79 Å². The molecular formula is C26H38N4O2. The summed E-state index contributed by atoms with van der Waals surface area (Å²) in [5.41, 5.74) is 1.99. The third-order valence-electron chi connectivity index (χ3n) is 7.28. The van der Waals surface area contributed by atoms with Gasteiger partial charge in [0.15, 0.2) is 0 Å². The molecule has 0 unspecified atom stereocenters. The molecule has 0 bridgehead atoms. The van der Waals surface area contributed by atoms with Gasteiger partial charge in [0.05, 0.1) is 12.0 Å². The van der Waals surface area contributed by atoms with Crippen molar-refractivity contribution in [3.8, 4) is 0 Å². The average molecular weight is 439 g/mol. The summed E-state index contributed by atoms with van der Waals surface area (Å²) in [5.74, 6) is 1.25. The number of H-pyrrole nitrogens is 1. The molecule has 32 heavy (non-hydrogen) atoms. The van der Waals surface area contributed by atoms with Crippen molar-refractivity contribution >= 4 is 5.91 Å². The smallest absolute Gasteiger partial charge is 0.226 e. The molecule has 6 heteroatoms. The van der Waals surface area contributed by atoms with Crippen LogP contribution >= 0.6 is 0 Å². The van der Waals surface area contributed by atoms with Crippen LogP contribution in [0.4, 0.5) is 0 Å². The molecule has 4 rings (SSSR count). The van der Waals surface area contributed by atoms with E-state index in [2.05, 4.69) is 34.4 Å². The Balaban J connectivity index is 1.46. The second kappa shape index (κ2) is 10.6. The van der Waals surface area contributed by atoms with Crippen LogP contribution in [0.5, 0.6) is 0 Å². The van der Waals surface area contributed by atoms with Crippen LogP contribution in [-0.2, 0) is 11.3 Å². The minimum Gasteiger partial charge on any atom is -0.392 e. The van der Waals surface area contributed by atoms with E-state index in [1.807, 2.05) is 36.5 Å². The Bertz CT molecular complexity index is 860. The van der Waals surface area contributed by atoms with Gasteiger partial charge in [-0.1, -0.05) is 63.4 Å². The van der Waals surface area contributed by atoms with Crippen LogP contribution < -0.4 is 10.6 Å². The van der Waals surface area contributed by atoms with Gasteiger partial charge in [0.25, 0.3) is 0 Å². The fourth-order valence-electron chi connectivity index (χ4n) is 5.36. The minimum absolute atomic E-state index is 0.0554. The molecule has 1 amide bonds. The molecule has 4 N–H and O–H groups in total. The number of amides is 1. The van der Waals surface area contributed by atoms with Crippen LogP contribution in [0.25, 0.3) is 0 Å². The van der Waals surface area contributed by atoms with Crippen LogP contribution in [-0.4, -0.2) is 39.7 Å². The van der Waals surface area contributed by atoms with Gasteiger partial charge in [0.1, 0.15) is 5.82 Å². The number of aromatic amines is 1. The summed E-state index contributed by atoms with van der Waals surface area (Å²) in [6.07, 6.45) is 8.26. The maximum absolute atomic E-state index is 13.0. The van der Waals surface area contributed by atoms with E-state index in [9.17, 15) is 9.90 Å². The van der Waals surface area contributed by atoms with Gasteiger partial charge in [-0.05, 0) is 37.3 Å². The minimum atomic E-state index is -0.741. The first-order valence-corrected chi connectivity index (χ1v) is 12.3. The Labute approximate surface area is 191 Å². The van der Waals surface area contributed by atoms with Crippen LogP contribution in [0, 0.1) is 11.8 Å². The van der Waals surface area contributed by atoms with Gasteiger partial charge < -0.3 is 20.7 Å². The van der Waals surface area contributed by atoms with Gasteiger partial charge in [0, 0.05) is 36.3 Å². The predicted molar refractivity (Wildman–Crippen MR) is 126 cm³/mol. The number of aliphatic hydroxyl groups is 1. The van der Waals surface area contributed by atoms with Crippen molar-refractivity contribution in [1.82, 2.24) is 20.6 Å². The predicted octanol–water partition coefficient (Wildman–Crippen LogP) is 3.85. The molecule has 6 nitrogen and oxygen atoms in total. The Kier molecular flexibility index (Phi) is 7.63. The maximum Gasteiger partial charge on any atom is 0.226 e. The van der Waals surface area contributed by atoms with E-state index in [4.69, 9.17) is 0 Å². The molecule has 0 aliphatic heterocycles. The molecule has 1 aromatic carbocycles. The summed E-state index contributed by atoms with van der Waals surface area (Å²) < 4.78 is 0. The molecule has 174 valence electrons. The third kappa shape index (κ3) is 5.41. The highest BCUT2D eigenvalue weighted by atomic mass is 16.3. The molecular weight excluding hydrogens is 400 g/mol. The first-order chi connectivity index (χ1) is 15.5. The van der Waals surface area contributed by atoms with Gasteiger partial charge in [-0.2, -0.15) is 0 Å². The zero-order chi connectivity index (χ0) is 22.5. The molecule has 1 aromatic heterocycles. The third-order valence-corrected chi connectivity index (χ3v) is 7.28. The first kappa shape index (κ1) is 23.0. The van der Waals surface area contributed by atoms with Crippen molar-refractivity contribution in [2.75, 3.05) is 6.54 Å². The number of nitrogens with one attached hydrogen (secondary N) is 3. The molecule has 0 spiro atoms. The summed E-state index contributed by atoms with van der Waals surface area (Å²) in [7, 11) is 0. The zero-order valence-electron chi connectivity index (χ0n) is 19.4. The molecule has 2 aliphatic carbocycles. The lowest BCUT2D eigenvalue weighted by atomic mass is 9.88. The molecule has 0 radical (unpaired) electrons. The summed E-state index contributed by atoms with van der Waals surface area (Å²) >= 11 is 0. The molecule has 2 aromatic rings. The number of rotatable bonds is 8. The van der Waals surface area contributed by atoms with E-state index in [1.165, 1.54) is 32.1 Å². The highest BCUT2D eigenvalue weighted by molar-refractivity contribution is 5.80. The summed E-state index contributed by atoms with van der Waals surface area (Å²) in [4.78, 5) is 21.0. The van der Waals surface area contributed by atoms with E-state index in [0.717, 1.165) is 23.6 Å². The molecule has 2 fully saturated rings. The monoisotopic (exact) mass is 438 g/mol. The highest BCUT2D eigenvalue weighted by Gasteiger charge is 2.47. The fourth-order valence-corrected chi connectivity index (χ4v) is 5.36. The van der Waals surface area contributed by atoms with E-state index < -0.39 is 12.0 Å². The van der Waals surface area contributed by atoms with E-state index in [0.29, 0.717) is 24.8 Å². The Morgan fingerprint density at radius 1 is 1.19 bits per heavy atom. The normalized spacial score (nSPS) is 26.5. The topological polar surface area (TPSA) is 90.0 Å². The van der Waals surface area contributed by atoms with Crippen LogP contribution in [0.1, 0.15) is 81.3 Å². The van der Waals surface area contributed by atoms with E-state index >= 15 is 0 Å². The Morgan fingerprint density at radius 2 is 1.94 bits per heavy atom. The number of hydrogen-bond donors (Lipinski definition) is 4. The van der Waals surface area contributed by atoms with Crippen molar-refractivity contribution < 1.29 is 9.90 Å². The van der Waals surface area contributed by atoms with Crippen LogP contribution in [0.2, 0.25) is 0 Å². The quantitative estimate of drug-likeness (QED) is 0.504. The molecule has 2 saturated carbocycles. The number of carbonyl (C=O) groups is 1.